The molecule has 3 amide bonds. The maximum atomic E-state index is 12.2. The van der Waals surface area contributed by atoms with Crippen molar-refractivity contribution in [3.05, 3.63) is 76.3 Å². The van der Waals surface area contributed by atoms with Crippen molar-refractivity contribution in [2.24, 2.45) is 0 Å². The number of non-ortho nitro benzene ring substituents is 1. The predicted molar refractivity (Wildman–Crippen MR) is 98.3 cm³/mol. The van der Waals surface area contributed by atoms with Crippen LogP contribution in [0.1, 0.15) is 10.4 Å². The van der Waals surface area contributed by atoms with Crippen LogP contribution < -0.4 is 16.2 Å². The second-order valence-electron chi connectivity index (χ2n) is 5.56. The number of amides is 3. The third-order valence-electron chi connectivity index (χ3n) is 3.71. The van der Waals surface area contributed by atoms with E-state index in [1.807, 2.05) is 0 Å². The fraction of sp³-hybridized carbons (Fsp3) is 0. The highest BCUT2D eigenvalue weighted by atomic mass is 16.6. The van der Waals surface area contributed by atoms with E-state index >= 15 is 0 Å². The zero-order chi connectivity index (χ0) is 19.4. The van der Waals surface area contributed by atoms with E-state index in [2.05, 4.69) is 16.2 Å². The van der Waals surface area contributed by atoms with E-state index in [0.717, 1.165) is 10.8 Å². The number of benzene rings is 3. The maximum absolute atomic E-state index is 12.2. The molecule has 27 heavy (non-hydrogen) atoms. The number of hydrazine groups is 1. The van der Waals surface area contributed by atoms with Gasteiger partial charge in [-0.2, -0.15) is 0 Å². The van der Waals surface area contributed by atoms with Crippen LogP contribution in [0.3, 0.4) is 0 Å². The van der Waals surface area contributed by atoms with Crippen LogP contribution in [0.2, 0.25) is 0 Å². The number of nitrogens with one attached hydrogen (secondary N) is 3. The Morgan fingerprint density at radius 2 is 1.63 bits per heavy atom. The van der Waals surface area contributed by atoms with Crippen LogP contribution in [0.4, 0.5) is 16.2 Å². The number of anilines is 1. The van der Waals surface area contributed by atoms with Crippen LogP contribution in [0.25, 0.3) is 10.8 Å². The molecule has 0 aliphatic carbocycles. The molecule has 3 rings (SSSR count). The van der Waals surface area contributed by atoms with Gasteiger partial charge in [0, 0.05) is 17.8 Å². The summed E-state index contributed by atoms with van der Waals surface area (Å²) >= 11 is 0. The number of nitro benzene ring substituents is 1. The monoisotopic (exact) mass is 366 g/mol. The molecule has 0 fully saturated rings. The number of rotatable bonds is 3. The van der Waals surface area contributed by atoms with E-state index in [1.165, 1.54) is 36.4 Å². The summed E-state index contributed by atoms with van der Waals surface area (Å²) in [4.78, 5) is 34.2. The van der Waals surface area contributed by atoms with Crippen molar-refractivity contribution in [1.29, 1.82) is 0 Å². The van der Waals surface area contributed by atoms with Gasteiger partial charge in [-0.15, -0.1) is 0 Å². The van der Waals surface area contributed by atoms with Gasteiger partial charge in [-0.25, -0.2) is 10.2 Å². The number of nitrogens with zero attached hydrogens (tertiary/aromatic N) is 1. The molecule has 4 N–H and O–H groups in total. The molecule has 0 unspecified atom stereocenters. The molecule has 0 saturated carbocycles. The van der Waals surface area contributed by atoms with Crippen molar-refractivity contribution >= 4 is 34.1 Å². The molecule has 0 spiro atoms. The van der Waals surface area contributed by atoms with Gasteiger partial charge in [0.25, 0.3) is 11.6 Å². The molecule has 3 aromatic rings. The Balaban J connectivity index is 1.65. The lowest BCUT2D eigenvalue weighted by Gasteiger charge is -2.10. The standard InChI is InChI=1S/C18H14N4O5/c23-16-9-12-5-2-1-4-11(12)8-15(16)17(24)20-21-18(25)19-13-6-3-7-14(10-13)22(26)27/h1-10,23H,(H,20,24)(H2,19,21,25). The van der Waals surface area contributed by atoms with E-state index in [-0.39, 0.29) is 22.7 Å². The largest absolute Gasteiger partial charge is 0.507 e. The summed E-state index contributed by atoms with van der Waals surface area (Å²) in [7, 11) is 0. The van der Waals surface area contributed by atoms with Crippen molar-refractivity contribution < 1.29 is 19.6 Å². The van der Waals surface area contributed by atoms with E-state index < -0.39 is 16.9 Å². The van der Waals surface area contributed by atoms with Gasteiger partial charge in [-0.1, -0.05) is 30.3 Å². The minimum Gasteiger partial charge on any atom is -0.507 e. The van der Waals surface area contributed by atoms with Gasteiger partial charge in [0.2, 0.25) is 0 Å². The lowest BCUT2D eigenvalue weighted by molar-refractivity contribution is -0.384. The Morgan fingerprint density at radius 1 is 0.926 bits per heavy atom. The van der Waals surface area contributed by atoms with Crippen LogP contribution >= 0.6 is 0 Å². The van der Waals surface area contributed by atoms with Crippen molar-refractivity contribution in [3.8, 4) is 5.75 Å². The van der Waals surface area contributed by atoms with E-state index in [1.54, 1.807) is 24.3 Å². The number of hydrogen-bond acceptors (Lipinski definition) is 5. The van der Waals surface area contributed by atoms with Crippen molar-refractivity contribution in [2.75, 3.05) is 5.32 Å². The Morgan fingerprint density at radius 3 is 2.33 bits per heavy atom. The molecule has 0 atom stereocenters. The number of phenols is 1. The lowest BCUT2D eigenvalue weighted by atomic mass is 10.1. The third-order valence-corrected chi connectivity index (χ3v) is 3.71. The summed E-state index contributed by atoms with van der Waals surface area (Å²) in [6.07, 6.45) is 0. The molecule has 0 bridgehead atoms. The fourth-order valence-electron chi connectivity index (χ4n) is 2.45. The van der Waals surface area contributed by atoms with Crippen LogP contribution in [0, 0.1) is 10.1 Å². The first-order valence-corrected chi connectivity index (χ1v) is 7.77. The summed E-state index contributed by atoms with van der Waals surface area (Å²) in [5, 5.41) is 24.6. The minimum absolute atomic E-state index is 0.00986. The smallest absolute Gasteiger partial charge is 0.337 e. The van der Waals surface area contributed by atoms with Gasteiger partial charge in [-0.3, -0.25) is 20.3 Å². The van der Waals surface area contributed by atoms with Crippen LogP contribution in [-0.4, -0.2) is 22.0 Å². The van der Waals surface area contributed by atoms with E-state index in [9.17, 15) is 24.8 Å². The SMILES string of the molecule is O=C(NNC(=O)c1cc2ccccc2cc1O)Nc1cccc([N+](=O)[O-])c1. The molecule has 3 aromatic carbocycles. The number of carbonyl (C=O) groups is 2. The molecule has 0 aliphatic heterocycles. The molecule has 0 heterocycles. The van der Waals surface area contributed by atoms with Gasteiger partial charge in [0.15, 0.2) is 0 Å². The van der Waals surface area contributed by atoms with E-state index in [4.69, 9.17) is 0 Å². The zero-order valence-corrected chi connectivity index (χ0v) is 13.8. The number of hydrogen-bond donors (Lipinski definition) is 4. The van der Waals surface area contributed by atoms with Gasteiger partial charge >= 0.3 is 6.03 Å². The fourth-order valence-corrected chi connectivity index (χ4v) is 2.45. The van der Waals surface area contributed by atoms with Crippen LogP contribution in [0.5, 0.6) is 5.75 Å². The van der Waals surface area contributed by atoms with Crippen molar-refractivity contribution in [1.82, 2.24) is 10.9 Å². The van der Waals surface area contributed by atoms with Gasteiger partial charge < -0.3 is 10.4 Å². The second kappa shape index (κ2) is 7.40. The quantitative estimate of drug-likeness (QED) is 0.418. The number of aromatic hydroxyl groups is 1. The summed E-state index contributed by atoms with van der Waals surface area (Å²) in [6, 6.07) is 14.7. The zero-order valence-electron chi connectivity index (χ0n) is 13.8. The highest BCUT2D eigenvalue weighted by Gasteiger charge is 2.14. The minimum atomic E-state index is -0.802. The molecular formula is C18H14N4O5. The molecule has 0 aliphatic rings. The molecular weight excluding hydrogens is 352 g/mol. The predicted octanol–water partition coefficient (Wildman–Crippen LogP) is 2.92. The first kappa shape index (κ1) is 17.7. The second-order valence-corrected chi connectivity index (χ2v) is 5.56. The number of nitro groups is 1. The summed E-state index contributed by atoms with van der Waals surface area (Å²) in [5.74, 6) is -0.945. The van der Waals surface area contributed by atoms with Crippen LogP contribution in [0.15, 0.2) is 60.7 Å². The first-order valence-electron chi connectivity index (χ1n) is 7.77. The summed E-state index contributed by atoms with van der Waals surface area (Å²) in [6.45, 7) is 0. The molecule has 0 saturated heterocycles. The Kier molecular flexibility index (Phi) is 4.84. The van der Waals surface area contributed by atoms with Crippen molar-refractivity contribution in [2.45, 2.75) is 0 Å². The summed E-state index contributed by atoms with van der Waals surface area (Å²) < 4.78 is 0. The molecule has 9 nitrogen and oxygen atoms in total. The van der Waals surface area contributed by atoms with Gasteiger partial charge in [-0.05, 0) is 29.0 Å². The topological polar surface area (TPSA) is 134 Å². The molecule has 9 heteroatoms. The van der Waals surface area contributed by atoms with Gasteiger partial charge in [0.1, 0.15) is 5.75 Å². The number of fused-ring (bicyclic) bond motifs is 1. The third kappa shape index (κ3) is 4.10. The Labute approximate surface area is 152 Å². The average molecular weight is 366 g/mol. The number of carbonyl (C=O) groups excluding carboxylic acids is 2. The van der Waals surface area contributed by atoms with Crippen molar-refractivity contribution in [3.63, 3.8) is 0 Å². The highest BCUT2D eigenvalue weighted by Crippen LogP contribution is 2.24. The van der Waals surface area contributed by atoms with E-state index in [0.29, 0.717) is 0 Å². The number of urea groups is 1. The first-order chi connectivity index (χ1) is 12.9. The Bertz CT molecular complexity index is 1050. The van der Waals surface area contributed by atoms with Gasteiger partial charge in [0.05, 0.1) is 10.5 Å². The summed E-state index contributed by atoms with van der Waals surface area (Å²) in [5.41, 5.74) is 4.28. The molecule has 0 radical (unpaired) electrons. The molecule has 136 valence electrons. The normalized spacial score (nSPS) is 10.2. The molecule has 0 aromatic heterocycles. The average Bonchev–Trinajstić information content (AvgIpc) is 2.65. The maximum Gasteiger partial charge on any atom is 0.337 e. The number of phenolic OH excluding ortho intramolecular Hbond substituents is 1. The Hall–Kier alpha value is -4.14. The van der Waals surface area contributed by atoms with Crippen LogP contribution in [-0.2, 0) is 0 Å². The lowest BCUT2D eigenvalue weighted by Crippen LogP contribution is -2.43. The highest BCUT2D eigenvalue weighted by molar-refractivity contribution is 6.02.